The van der Waals surface area contributed by atoms with E-state index in [9.17, 15) is 9.59 Å². The van der Waals surface area contributed by atoms with Crippen molar-refractivity contribution in [2.45, 2.75) is 38.2 Å². The van der Waals surface area contributed by atoms with Crippen LogP contribution in [0.4, 0.5) is 0 Å². The number of carbonyl (C=O) groups is 2. The fraction of sp³-hybridized carbons (Fsp3) is 0.462. The van der Waals surface area contributed by atoms with Crippen molar-refractivity contribution in [1.82, 2.24) is 24.4 Å². The molecular weight excluding hydrogens is 446 g/mol. The van der Waals surface area contributed by atoms with Gasteiger partial charge in [-0.15, -0.1) is 0 Å². The van der Waals surface area contributed by atoms with Crippen molar-refractivity contribution >= 4 is 17.5 Å². The minimum atomic E-state index is -1.07. The summed E-state index contributed by atoms with van der Waals surface area (Å²) in [7, 11) is 0. The van der Waals surface area contributed by atoms with Gasteiger partial charge in [-0.2, -0.15) is 5.10 Å². The van der Waals surface area contributed by atoms with E-state index in [1.54, 1.807) is 39.0 Å². The standard InChI is InChI=1S/C26H31N5O4/c1-2-29-14-16-34-22-10-4-3-8-20(22)9-5-6-11-26(25(29)33)19-30(15-17-35-26)24(32)21-18-28-31-13-7-12-27-23(21)31/h3-4,7-8,10,12-13,18H,2,5-6,9,11,14-17,19H2,1H3. The third kappa shape index (κ3) is 4.60. The van der Waals surface area contributed by atoms with Crippen LogP contribution in [0.15, 0.2) is 48.9 Å². The molecule has 9 nitrogen and oxygen atoms in total. The molecule has 2 aliphatic heterocycles. The number of amides is 2. The molecule has 4 heterocycles. The highest BCUT2D eigenvalue weighted by Crippen LogP contribution is 2.30. The summed E-state index contributed by atoms with van der Waals surface area (Å²) in [6.45, 7) is 4.30. The highest BCUT2D eigenvalue weighted by molar-refractivity contribution is 6.00. The van der Waals surface area contributed by atoms with Crippen LogP contribution in [-0.4, -0.2) is 81.2 Å². The maximum Gasteiger partial charge on any atom is 0.259 e. The molecule has 0 N–H and O–H groups in total. The number of hydrogen-bond acceptors (Lipinski definition) is 6. The molecule has 0 saturated carbocycles. The molecule has 1 saturated heterocycles. The zero-order chi connectivity index (χ0) is 24.3. The second kappa shape index (κ2) is 10.0. The van der Waals surface area contributed by atoms with Gasteiger partial charge in [-0.05, 0) is 50.3 Å². The molecule has 0 radical (unpaired) electrons. The van der Waals surface area contributed by atoms with Gasteiger partial charge < -0.3 is 19.3 Å². The van der Waals surface area contributed by atoms with Gasteiger partial charge in [0.2, 0.25) is 0 Å². The number of hydrogen-bond donors (Lipinski definition) is 0. The Morgan fingerprint density at radius 3 is 2.91 bits per heavy atom. The predicted molar refractivity (Wildman–Crippen MR) is 129 cm³/mol. The lowest BCUT2D eigenvalue weighted by atomic mass is 9.90. The number of morpholine rings is 1. The molecule has 1 fully saturated rings. The van der Waals surface area contributed by atoms with E-state index in [0.29, 0.717) is 50.5 Å². The minimum Gasteiger partial charge on any atom is -0.491 e. The van der Waals surface area contributed by atoms with Crippen molar-refractivity contribution in [3.63, 3.8) is 0 Å². The molecule has 2 aliphatic rings. The number of fused-ring (bicyclic) bond motifs is 2. The highest BCUT2D eigenvalue weighted by Gasteiger charge is 2.46. The van der Waals surface area contributed by atoms with E-state index in [0.717, 1.165) is 25.0 Å². The molecular formula is C26H31N5O4. The second-order valence-electron chi connectivity index (χ2n) is 9.06. The smallest absolute Gasteiger partial charge is 0.259 e. The van der Waals surface area contributed by atoms with E-state index < -0.39 is 5.60 Å². The van der Waals surface area contributed by atoms with Gasteiger partial charge in [0.05, 0.1) is 25.9 Å². The number of aryl methyl sites for hydroxylation is 1. The number of rotatable bonds is 2. The maximum absolute atomic E-state index is 13.9. The summed E-state index contributed by atoms with van der Waals surface area (Å²) in [6, 6.07) is 9.86. The van der Waals surface area contributed by atoms with Crippen molar-refractivity contribution in [3.05, 3.63) is 60.0 Å². The number of carbonyl (C=O) groups excluding carboxylic acids is 2. The molecule has 5 rings (SSSR count). The number of para-hydroxylation sites is 1. The maximum atomic E-state index is 13.9. The first-order valence-electron chi connectivity index (χ1n) is 12.3. The number of likely N-dealkylation sites (N-methyl/N-ethyl adjacent to an activating group) is 1. The Kier molecular flexibility index (Phi) is 6.68. The lowest BCUT2D eigenvalue weighted by Gasteiger charge is -2.44. The topological polar surface area (TPSA) is 89.3 Å². The van der Waals surface area contributed by atoms with Gasteiger partial charge in [0.15, 0.2) is 11.2 Å². The van der Waals surface area contributed by atoms with Gasteiger partial charge in [0.25, 0.3) is 11.8 Å². The molecule has 2 aromatic heterocycles. The molecule has 2 amide bonds. The van der Waals surface area contributed by atoms with Crippen LogP contribution in [0, 0.1) is 0 Å². The van der Waals surface area contributed by atoms with Crippen LogP contribution in [0.2, 0.25) is 0 Å². The summed E-state index contributed by atoms with van der Waals surface area (Å²) in [4.78, 5) is 35.2. The number of ether oxygens (including phenoxy) is 2. The Labute approximate surface area is 204 Å². The van der Waals surface area contributed by atoms with Gasteiger partial charge in [-0.1, -0.05) is 18.2 Å². The monoisotopic (exact) mass is 477 g/mol. The second-order valence-corrected chi connectivity index (χ2v) is 9.06. The fourth-order valence-corrected chi connectivity index (χ4v) is 5.03. The van der Waals surface area contributed by atoms with E-state index in [2.05, 4.69) is 16.1 Å². The molecule has 0 aliphatic carbocycles. The zero-order valence-corrected chi connectivity index (χ0v) is 20.1. The summed E-state index contributed by atoms with van der Waals surface area (Å²) in [5, 5.41) is 4.25. The van der Waals surface area contributed by atoms with Crippen molar-refractivity contribution in [2.75, 3.05) is 39.4 Å². The first-order valence-corrected chi connectivity index (χ1v) is 12.3. The molecule has 1 spiro atoms. The normalized spacial score (nSPS) is 21.8. The summed E-state index contributed by atoms with van der Waals surface area (Å²) in [5.74, 6) is 0.632. The third-order valence-corrected chi connectivity index (χ3v) is 6.91. The molecule has 184 valence electrons. The van der Waals surface area contributed by atoms with Gasteiger partial charge in [0, 0.05) is 25.5 Å². The molecule has 1 aromatic carbocycles. The average molecular weight is 478 g/mol. The zero-order valence-electron chi connectivity index (χ0n) is 20.1. The van der Waals surface area contributed by atoms with Gasteiger partial charge in [-0.25, -0.2) is 9.50 Å². The van der Waals surface area contributed by atoms with Crippen LogP contribution in [-0.2, 0) is 16.0 Å². The molecule has 1 atom stereocenters. The van der Waals surface area contributed by atoms with E-state index in [-0.39, 0.29) is 18.4 Å². The summed E-state index contributed by atoms with van der Waals surface area (Å²) >= 11 is 0. The van der Waals surface area contributed by atoms with E-state index >= 15 is 0 Å². The van der Waals surface area contributed by atoms with Crippen LogP contribution >= 0.6 is 0 Å². The van der Waals surface area contributed by atoms with Crippen molar-refractivity contribution < 1.29 is 19.1 Å². The van der Waals surface area contributed by atoms with Crippen molar-refractivity contribution in [1.29, 1.82) is 0 Å². The van der Waals surface area contributed by atoms with E-state index in [4.69, 9.17) is 9.47 Å². The Balaban J connectivity index is 1.40. The Hall–Kier alpha value is -3.46. The Morgan fingerprint density at radius 1 is 1.14 bits per heavy atom. The summed E-state index contributed by atoms with van der Waals surface area (Å²) in [6.07, 6.45) is 8.08. The van der Waals surface area contributed by atoms with Crippen LogP contribution in [0.3, 0.4) is 0 Å². The van der Waals surface area contributed by atoms with Crippen molar-refractivity contribution in [2.24, 2.45) is 0 Å². The summed E-state index contributed by atoms with van der Waals surface area (Å²) in [5.41, 5.74) is 1.05. The SMILES string of the molecule is CCN1CCOc2ccccc2CCCCC2(CN(C(=O)c3cnn4cccnc34)CCO2)C1=O. The van der Waals surface area contributed by atoms with Gasteiger partial charge in [-0.3, -0.25) is 9.59 Å². The van der Waals surface area contributed by atoms with E-state index in [1.807, 2.05) is 25.1 Å². The first-order chi connectivity index (χ1) is 17.1. The Bertz CT molecular complexity index is 1210. The largest absolute Gasteiger partial charge is 0.491 e. The number of nitrogens with zero attached hydrogens (tertiary/aromatic N) is 5. The molecule has 0 bridgehead atoms. The van der Waals surface area contributed by atoms with Crippen LogP contribution < -0.4 is 4.74 Å². The quantitative estimate of drug-likeness (QED) is 0.564. The summed E-state index contributed by atoms with van der Waals surface area (Å²) < 4.78 is 13.9. The minimum absolute atomic E-state index is 0.0760. The molecule has 1 unspecified atom stereocenters. The van der Waals surface area contributed by atoms with Gasteiger partial charge >= 0.3 is 0 Å². The number of benzene rings is 1. The van der Waals surface area contributed by atoms with Gasteiger partial charge in [0.1, 0.15) is 17.9 Å². The highest BCUT2D eigenvalue weighted by atomic mass is 16.5. The molecule has 9 heteroatoms. The fourth-order valence-electron chi connectivity index (χ4n) is 5.03. The predicted octanol–water partition coefficient (Wildman–Crippen LogP) is 2.59. The lowest BCUT2D eigenvalue weighted by molar-refractivity contribution is -0.170. The first kappa shape index (κ1) is 23.3. The van der Waals surface area contributed by atoms with E-state index in [1.165, 1.54) is 5.56 Å². The average Bonchev–Trinajstić information content (AvgIpc) is 3.33. The lowest BCUT2D eigenvalue weighted by Crippen LogP contribution is -2.62. The van der Waals surface area contributed by atoms with Crippen molar-refractivity contribution in [3.8, 4) is 5.75 Å². The van der Waals surface area contributed by atoms with Crippen LogP contribution in [0.25, 0.3) is 5.65 Å². The number of aromatic nitrogens is 3. The van der Waals surface area contributed by atoms with Crippen LogP contribution in [0.5, 0.6) is 5.75 Å². The molecule has 35 heavy (non-hydrogen) atoms. The Morgan fingerprint density at radius 2 is 2.03 bits per heavy atom. The third-order valence-electron chi connectivity index (χ3n) is 6.91. The van der Waals surface area contributed by atoms with Crippen LogP contribution in [0.1, 0.15) is 42.1 Å². The molecule has 3 aromatic rings.